The predicted molar refractivity (Wildman–Crippen MR) is 72.5 cm³/mol. The van der Waals surface area contributed by atoms with Crippen molar-refractivity contribution in [3.8, 4) is 11.1 Å². The molecule has 19 heavy (non-hydrogen) atoms. The van der Waals surface area contributed by atoms with Crippen LogP contribution in [0.5, 0.6) is 0 Å². The second-order valence-corrected chi connectivity index (χ2v) is 5.30. The minimum atomic E-state index is -0.474. The first kappa shape index (κ1) is 12.5. The molecule has 3 nitrogen and oxygen atoms in total. The van der Waals surface area contributed by atoms with Gasteiger partial charge in [-0.3, -0.25) is 0 Å². The van der Waals surface area contributed by atoms with E-state index in [2.05, 4.69) is 5.16 Å². The van der Waals surface area contributed by atoms with E-state index in [1.807, 2.05) is 0 Å². The van der Waals surface area contributed by atoms with E-state index in [9.17, 15) is 4.39 Å². The van der Waals surface area contributed by atoms with Crippen molar-refractivity contribution in [3.05, 3.63) is 34.8 Å². The van der Waals surface area contributed by atoms with Gasteiger partial charge >= 0.3 is 0 Å². The summed E-state index contributed by atoms with van der Waals surface area (Å²) >= 11 is 5.83. The molecule has 0 atom stereocenters. The van der Waals surface area contributed by atoms with Crippen LogP contribution in [0.15, 0.2) is 22.7 Å². The summed E-state index contributed by atoms with van der Waals surface area (Å²) in [7, 11) is 0. The Kier molecular flexibility index (Phi) is 3.19. The number of nitrogens with two attached hydrogens (primary N) is 1. The second-order valence-electron chi connectivity index (χ2n) is 4.89. The van der Waals surface area contributed by atoms with E-state index in [0.717, 1.165) is 25.7 Å². The third-order valence-corrected chi connectivity index (χ3v) is 3.98. The van der Waals surface area contributed by atoms with Gasteiger partial charge in [-0.1, -0.05) is 41.7 Å². The topological polar surface area (TPSA) is 52.0 Å². The molecule has 3 rings (SSSR count). The van der Waals surface area contributed by atoms with Crippen molar-refractivity contribution in [2.75, 3.05) is 5.73 Å². The van der Waals surface area contributed by atoms with Crippen LogP contribution in [0.1, 0.15) is 37.4 Å². The number of aromatic nitrogens is 1. The van der Waals surface area contributed by atoms with Crippen LogP contribution >= 0.6 is 11.6 Å². The third-order valence-electron chi connectivity index (χ3n) is 3.69. The average Bonchev–Trinajstić information content (AvgIpc) is 3.02. The van der Waals surface area contributed by atoms with Gasteiger partial charge in [0.1, 0.15) is 11.6 Å². The summed E-state index contributed by atoms with van der Waals surface area (Å²) in [6.07, 6.45) is 4.37. The fourth-order valence-corrected chi connectivity index (χ4v) is 2.92. The van der Waals surface area contributed by atoms with E-state index in [0.29, 0.717) is 16.9 Å². The normalized spacial score (nSPS) is 16.1. The highest BCUT2D eigenvalue weighted by Gasteiger charge is 2.28. The van der Waals surface area contributed by atoms with Crippen molar-refractivity contribution >= 4 is 17.4 Å². The van der Waals surface area contributed by atoms with E-state index in [-0.39, 0.29) is 16.8 Å². The maximum atomic E-state index is 14.2. The minimum Gasteiger partial charge on any atom is -0.380 e. The monoisotopic (exact) mass is 280 g/mol. The first-order valence-corrected chi connectivity index (χ1v) is 6.75. The maximum Gasteiger partial charge on any atom is 0.175 e. The van der Waals surface area contributed by atoms with Crippen LogP contribution in [0, 0.1) is 5.82 Å². The molecule has 2 aromatic rings. The summed E-state index contributed by atoms with van der Waals surface area (Å²) < 4.78 is 19.5. The first-order chi connectivity index (χ1) is 9.18. The van der Waals surface area contributed by atoms with E-state index in [1.54, 1.807) is 12.1 Å². The Balaban J connectivity index is 2.13. The Morgan fingerprint density at radius 1 is 1.32 bits per heavy atom. The molecule has 1 aromatic heterocycles. The Hall–Kier alpha value is -1.55. The Morgan fingerprint density at radius 2 is 2.05 bits per heavy atom. The van der Waals surface area contributed by atoms with Gasteiger partial charge in [-0.05, 0) is 18.9 Å². The highest BCUT2D eigenvalue weighted by atomic mass is 35.5. The quantitative estimate of drug-likeness (QED) is 0.888. The molecule has 0 amide bonds. The van der Waals surface area contributed by atoms with Gasteiger partial charge in [0.05, 0.1) is 10.6 Å². The SMILES string of the molecule is Nc1noc(C2CCCC2)c1-c1cccc(Cl)c1F. The number of halogens is 2. The molecule has 0 spiro atoms. The zero-order valence-electron chi connectivity index (χ0n) is 10.3. The number of benzene rings is 1. The molecular weight excluding hydrogens is 267 g/mol. The Morgan fingerprint density at radius 3 is 2.79 bits per heavy atom. The van der Waals surface area contributed by atoms with Crippen molar-refractivity contribution < 1.29 is 8.91 Å². The lowest BCUT2D eigenvalue weighted by molar-refractivity contribution is 0.363. The number of nitrogen functional groups attached to an aromatic ring is 1. The summed E-state index contributed by atoms with van der Waals surface area (Å²) in [4.78, 5) is 0. The van der Waals surface area contributed by atoms with Crippen molar-refractivity contribution in [1.82, 2.24) is 5.16 Å². The van der Waals surface area contributed by atoms with Crippen LogP contribution in [-0.4, -0.2) is 5.16 Å². The number of hydrogen-bond acceptors (Lipinski definition) is 3. The molecule has 1 aliphatic rings. The number of nitrogens with zero attached hydrogens (tertiary/aromatic N) is 1. The third kappa shape index (κ3) is 2.10. The van der Waals surface area contributed by atoms with E-state index in [1.165, 1.54) is 6.07 Å². The highest BCUT2D eigenvalue weighted by Crippen LogP contribution is 2.42. The molecule has 5 heteroatoms. The first-order valence-electron chi connectivity index (χ1n) is 6.38. The summed E-state index contributed by atoms with van der Waals surface area (Å²) in [6.45, 7) is 0. The van der Waals surface area contributed by atoms with Gasteiger partial charge in [-0.25, -0.2) is 4.39 Å². The lowest BCUT2D eigenvalue weighted by Gasteiger charge is -2.09. The lowest BCUT2D eigenvalue weighted by atomic mass is 9.96. The minimum absolute atomic E-state index is 0.0791. The molecule has 1 saturated carbocycles. The zero-order chi connectivity index (χ0) is 13.4. The standard InChI is InChI=1S/C14H14ClFN2O/c15-10-7-3-6-9(12(10)16)11-13(19-18-14(11)17)8-4-1-2-5-8/h3,6-8H,1-2,4-5H2,(H2,17,18). The van der Waals surface area contributed by atoms with Crippen molar-refractivity contribution in [2.24, 2.45) is 0 Å². The predicted octanol–water partition coefficient (Wildman–Crippen LogP) is 4.37. The molecule has 2 N–H and O–H groups in total. The van der Waals surface area contributed by atoms with Gasteiger partial charge in [0.25, 0.3) is 0 Å². The molecule has 0 aliphatic heterocycles. The van der Waals surface area contributed by atoms with Gasteiger partial charge in [0, 0.05) is 11.5 Å². The molecular formula is C14H14ClFN2O. The van der Waals surface area contributed by atoms with Crippen molar-refractivity contribution in [3.63, 3.8) is 0 Å². The number of hydrogen-bond donors (Lipinski definition) is 1. The smallest absolute Gasteiger partial charge is 0.175 e. The maximum absolute atomic E-state index is 14.2. The van der Waals surface area contributed by atoms with E-state index in [4.69, 9.17) is 21.9 Å². The molecule has 0 radical (unpaired) electrons. The van der Waals surface area contributed by atoms with Gasteiger partial charge in [-0.2, -0.15) is 0 Å². The summed E-state index contributed by atoms with van der Waals surface area (Å²) in [5, 5.41) is 3.88. The Labute approximate surface area is 115 Å². The second kappa shape index (κ2) is 4.85. The van der Waals surface area contributed by atoms with Gasteiger partial charge in [0.15, 0.2) is 5.82 Å². The van der Waals surface area contributed by atoms with Crippen molar-refractivity contribution in [2.45, 2.75) is 31.6 Å². The summed E-state index contributed by atoms with van der Waals surface area (Å²) in [6, 6.07) is 4.87. The molecule has 100 valence electrons. The van der Waals surface area contributed by atoms with Crippen molar-refractivity contribution in [1.29, 1.82) is 0 Å². The average molecular weight is 281 g/mol. The molecule has 1 fully saturated rings. The molecule has 0 saturated heterocycles. The van der Waals surface area contributed by atoms with E-state index < -0.39 is 5.82 Å². The van der Waals surface area contributed by atoms with Crippen LogP contribution < -0.4 is 5.73 Å². The summed E-state index contributed by atoms with van der Waals surface area (Å²) in [5.41, 5.74) is 6.78. The molecule has 1 heterocycles. The largest absolute Gasteiger partial charge is 0.380 e. The zero-order valence-corrected chi connectivity index (χ0v) is 11.1. The van der Waals surface area contributed by atoms with Crippen LogP contribution in [0.3, 0.4) is 0 Å². The van der Waals surface area contributed by atoms with Gasteiger partial charge < -0.3 is 10.3 Å². The molecule has 1 aliphatic carbocycles. The van der Waals surface area contributed by atoms with Crippen LogP contribution in [0.4, 0.5) is 10.2 Å². The highest BCUT2D eigenvalue weighted by molar-refractivity contribution is 6.31. The van der Waals surface area contributed by atoms with Gasteiger partial charge in [0.2, 0.25) is 0 Å². The fourth-order valence-electron chi connectivity index (χ4n) is 2.75. The number of anilines is 1. The van der Waals surface area contributed by atoms with Crippen LogP contribution in [-0.2, 0) is 0 Å². The van der Waals surface area contributed by atoms with E-state index >= 15 is 0 Å². The number of rotatable bonds is 2. The van der Waals surface area contributed by atoms with Gasteiger partial charge in [-0.15, -0.1) is 0 Å². The summed E-state index contributed by atoms with van der Waals surface area (Å²) in [5.74, 6) is 0.718. The Bertz CT molecular complexity index is 605. The fraction of sp³-hybridized carbons (Fsp3) is 0.357. The van der Waals surface area contributed by atoms with Crippen LogP contribution in [0.2, 0.25) is 5.02 Å². The van der Waals surface area contributed by atoms with Crippen LogP contribution in [0.25, 0.3) is 11.1 Å². The molecule has 1 aromatic carbocycles. The molecule has 0 unspecified atom stereocenters. The molecule has 0 bridgehead atoms. The lowest BCUT2D eigenvalue weighted by Crippen LogP contribution is -1.97.